The van der Waals surface area contributed by atoms with Crippen LogP contribution in [0.5, 0.6) is 5.75 Å². The van der Waals surface area contributed by atoms with Gasteiger partial charge in [-0.05, 0) is 24.3 Å². The number of phenols is 1. The Labute approximate surface area is 136 Å². The Balaban J connectivity index is 2.18. The van der Waals surface area contributed by atoms with Gasteiger partial charge in [0.2, 0.25) is 5.91 Å². The van der Waals surface area contributed by atoms with Gasteiger partial charge in [-0.1, -0.05) is 46.3 Å². The highest BCUT2D eigenvalue weighted by Gasteiger charge is 2.11. The van der Waals surface area contributed by atoms with Gasteiger partial charge in [0.15, 0.2) is 0 Å². The molecular weight excluding hydrogens is 352 g/mol. The molecule has 0 aromatic heterocycles. The number of nitrogens with one attached hydrogen (secondary N) is 1. The summed E-state index contributed by atoms with van der Waals surface area (Å²) >= 11 is 8.31. The minimum atomic E-state index is -0.257. The minimum absolute atomic E-state index is 0.0654. The average Bonchev–Trinajstić information content (AvgIpc) is 2.41. The van der Waals surface area contributed by atoms with Gasteiger partial charge in [-0.3, -0.25) is 4.79 Å². The fraction of sp³-hybridized carbons (Fsp3) is 0.0667. The number of rotatable bonds is 4. The number of carbonyl (C=O) groups excluding carboxylic acids is 1. The summed E-state index contributed by atoms with van der Waals surface area (Å²) in [4.78, 5) is 12.3. The van der Waals surface area contributed by atoms with Crippen molar-refractivity contribution < 1.29 is 9.90 Å². The van der Waals surface area contributed by atoms with Crippen LogP contribution in [0.3, 0.4) is 0 Å². The van der Waals surface area contributed by atoms with E-state index in [0.29, 0.717) is 16.8 Å². The van der Waals surface area contributed by atoms with Crippen LogP contribution in [0.4, 0.5) is 5.69 Å². The molecule has 0 spiro atoms. The van der Waals surface area contributed by atoms with E-state index in [1.165, 1.54) is 0 Å². The van der Waals surface area contributed by atoms with Crippen molar-refractivity contribution in [3.8, 4) is 5.75 Å². The van der Waals surface area contributed by atoms with Crippen LogP contribution in [0.25, 0.3) is 0 Å². The summed E-state index contributed by atoms with van der Waals surface area (Å²) in [5.74, 6) is -0.163. The molecule has 0 aliphatic heterocycles. The predicted molar refractivity (Wildman–Crippen MR) is 90.5 cm³/mol. The molecular formula is C15H13BrN2O2S. The topological polar surface area (TPSA) is 75.3 Å². The fourth-order valence-corrected chi connectivity index (χ4v) is 2.40. The number of halogens is 1. The minimum Gasteiger partial charge on any atom is -0.508 e. The van der Waals surface area contributed by atoms with Crippen LogP contribution < -0.4 is 11.1 Å². The van der Waals surface area contributed by atoms with Crippen molar-refractivity contribution in [2.45, 2.75) is 6.42 Å². The lowest BCUT2D eigenvalue weighted by molar-refractivity contribution is -0.115. The molecule has 0 saturated heterocycles. The maximum absolute atomic E-state index is 12.1. The zero-order valence-electron chi connectivity index (χ0n) is 11.0. The van der Waals surface area contributed by atoms with Crippen LogP contribution in [0.2, 0.25) is 0 Å². The summed E-state index contributed by atoms with van der Waals surface area (Å²) in [6.45, 7) is 0. The van der Waals surface area contributed by atoms with Gasteiger partial charge in [0.05, 0.1) is 12.1 Å². The first-order valence-corrected chi connectivity index (χ1v) is 7.33. The van der Waals surface area contributed by atoms with E-state index in [9.17, 15) is 9.90 Å². The summed E-state index contributed by atoms with van der Waals surface area (Å²) in [6.07, 6.45) is 0.0654. The molecule has 0 radical (unpaired) electrons. The van der Waals surface area contributed by atoms with E-state index in [1.54, 1.807) is 42.5 Å². The number of para-hydroxylation sites is 1. The zero-order chi connectivity index (χ0) is 15.4. The first-order chi connectivity index (χ1) is 9.97. The first-order valence-electron chi connectivity index (χ1n) is 6.13. The second-order valence-corrected chi connectivity index (χ2v) is 5.76. The van der Waals surface area contributed by atoms with Crippen molar-refractivity contribution in [2.24, 2.45) is 5.73 Å². The normalized spacial score (nSPS) is 10.1. The lowest BCUT2D eigenvalue weighted by atomic mass is 10.1. The van der Waals surface area contributed by atoms with Crippen molar-refractivity contribution in [2.75, 3.05) is 5.32 Å². The molecule has 0 saturated carbocycles. The number of nitrogens with two attached hydrogens (primary N) is 1. The Morgan fingerprint density at radius 2 is 2.00 bits per heavy atom. The summed E-state index contributed by atoms with van der Waals surface area (Å²) in [7, 11) is 0. The highest BCUT2D eigenvalue weighted by Crippen LogP contribution is 2.22. The number of anilines is 1. The molecule has 4 N–H and O–H groups in total. The summed E-state index contributed by atoms with van der Waals surface area (Å²) in [5.41, 5.74) is 7.33. The van der Waals surface area contributed by atoms with E-state index in [1.807, 2.05) is 0 Å². The predicted octanol–water partition coefficient (Wildman–Crippen LogP) is 2.97. The molecule has 0 heterocycles. The second kappa shape index (κ2) is 6.69. The monoisotopic (exact) mass is 364 g/mol. The summed E-state index contributed by atoms with van der Waals surface area (Å²) in [6, 6.07) is 12.0. The number of thiocarbonyl (C=S) groups is 1. The largest absolute Gasteiger partial charge is 0.508 e. The smallest absolute Gasteiger partial charge is 0.228 e. The lowest BCUT2D eigenvalue weighted by Gasteiger charge is -2.11. The van der Waals surface area contributed by atoms with E-state index < -0.39 is 0 Å². The Bertz CT molecular complexity index is 704. The van der Waals surface area contributed by atoms with Crippen LogP contribution in [0.1, 0.15) is 11.1 Å². The van der Waals surface area contributed by atoms with Gasteiger partial charge in [0.25, 0.3) is 0 Å². The molecule has 0 aliphatic rings. The number of benzene rings is 2. The standard InChI is InChI=1S/C15H13BrN2O2S/c16-10-5-6-11(15(17)21)12(8-10)18-14(20)7-9-3-1-2-4-13(9)19/h1-6,8,19H,7H2,(H2,17,21)(H,18,20). The number of hydrogen-bond acceptors (Lipinski definition) is 3. The van der Waals surface area contributed by atoms with Crippen LogP contribution in [-0.2, 0) is 11.2 Å². The molecule has 0 fully saturated rings. The third-order valence-corrected chi connectivity index (χ3v) is 3.58. The van der Waals surface area contributed by atoms with Gasteiger partial charge in [-0.15, -0.1) is 0 Å². The Morgan fingerprint density at radius 3 is 2.67 bits per heavy atom. The van der Waals surface area contributed by atoms with Gasteiger partial charge in [-0.2, -0.15) is 0 Å². The van der Waals surface area contributed by atoms with E-state index in [4.69, 9.17) is 18.0 Å². The maximum atomic E-state index is 12.1. The van der Waals surface area contributed by atoms with Gasteiger partial charge in [0, 0.05) is 15.6 Å². The number of carbonyl (C=O) groups is 1. The number of amides is 1. The molecule has 0 bridgehead atoms. The van der Waals surface area contributed by atoms with Crippen LogP contribution in [-0.4, -0.2) is 16.0 Å². The molecule has 21 heavy (non-hydrogen) atoms. The lowest BCUT2D eigenvalue weighted by Crippen LogP contribution is -2.19. The van der Waals surface area contributed by atoms with Gasteiger partial charge in [0.1, 0.15) is 10.7 Å². The highest BCUT2D eigenvalue weighted by molar-refractivity contribution is 9.10. The van der Waals surface area contributed by atoms with Gasteiger partial charge >= 0.3 is 0 Å². The van der Waals surface area contributed by atoms with Crippen molar-refractivity contribution in [1.29, 1.82) is 0 Å². The quantitative estimate of drug-likeness (QED) is 0.729. The van der Waals surface area contributed by atoms with E-state index in [-0.39, 0.29) is 23.1 Å². The van der Waals surface area contributed by atoms with Crippen LogP contribution >= 0.6 is 28.1 Å². The molecule has 6 heteroatoms. The molecule has 4 nitrogen and oxygen atoms in total. The van der Waals surface area contributed by atoms with Gasteiger partial charge in [-0.25, -0.2) is 0 Å². The molecule has 0 unspecified atom stereocenters. The van der Waals surface area contributed by atoms with Crippen molar-refractivity contribution in [3.05, 3.63) is 58.1 Å². The van der Waals surface area contributed by atoms with Gasteiger partial charge < -0.3 is 16.2 Å². The summed E-state index contributed by atoms with van der Waals surface area (Å²) in [5, 5.41) is 12.4. The third kappa shape index (κ3) is 4.03. The first kappa shape index (κ1) is 15.5. The van der Waals surface area contributed by atoms with E-state index >= 15 is 0 Å². The molecule has 108 valence electrons. The Morgan fingerprint density at radius 1 is 1.29 bits per heavy atom. The molecule has 0 atom stereocenters. The zero-order valence-corrected chi connectivity index (χ0v) is 13.4. The number of hydrogen-bond donors (Lipinski definition) is 3. The van der Waals surface area contributed by atoms with Crippen LogP contribution in [0, 0.1) is 0 Å². The van der Waals surface area contributed by atoms with Crippen molar-refractivity contribution in [3.63, 3.8) is 0 Å². The van der Waals surface area contributed by atoms with E-state index in [0.717, 1.165) is 4.47 Å². The SMILES string of the molecule is NC(=S)c1ccc(Br)cc1NC(=O)Cc1ccccc1O. The Hall–Kier alpha value is -1.92. The second-order valence-electron chi connectivity index (χ2n) is 4.41. The fourth-order valence-electron chi connectivity index (χ4n) is 1.86. The maximum Gasteiger partial charge on any atom is 0.228 e. The molecule has 2 aromatic rings. The average molecular weight is 365 g/mol. The molecule has 0 aliphatic carbocycles. The van der Waals surface area contributed by atoms with Crippen molar-refractivity contribution in [1.82, 2.24) is 0 Å². The summed E-state index contributed by atoms with van der Waals surface area (Å²) < 4.78 is 0.806. The third-order valence-electron chi connectivity index (χ3n) is 2.86. The Kier molecular flexibility index (Phi) is 4.93. The molecule has 2 aromatic carbocycles. The number of aromatic hydroxyl groups is 1. The molecule has 2 rings (SSSR count). The number of phenolic OH excluding ortho intramolecular Hbond substituents is 1. The van der Waals surface area contributed by atoms with E-state index in [2.05, 4.69) is 21.2 Å². The molecule has 1 amide bonds. The van der Waals surface area contributed by atoms with Crippen molar-refractivity contribution >= 4 is 44.7 Å². The highest BCUT2D eigenvalue weighted by atomic mass is 79.9. The van der Waals surface area contributed by atoms with Crippen LogP contribution in [0.15, 0.2) is 46.9 Å².